The van der Waals surface area contributed by atoms with Crippen LogP contribution >= 0.6 is 11.3 Å². The van der Waals surface area contributed by atoms with E-state index in [1.807, 2.05) is 48.5 Å². The minimum Gasteiger partial charge on any atom is -0.329 e. The lowest BCUT2D eigenvalue weighted by Gasteiger charge is -2.36. The van der Waals surface area contributed by atoms with E-state index in [0.29, 0.717) is 6.54 Å². The Labute approximate surface area is 156 Å². The summed E-state index contributed by atoms with van der Waals surface area (Å²) in [6.07, 6.45) is 5.39. The van der Waals surface area contributed by atoms with E-state index in [1.54, 1.807) is 23.7 Å². The monoisotopic (exact) mass is 367 g/mol. The van der Waals surface area contributed by atoms with Gasteiger partial charge in [-0.05, 0) is 31.5 Å². The molecular weight excluding hydrogens is 346 g/mol. The molecule has 134 valence electrons. The minimum atomic E-state index is -0.00660. The first-order valence-electron chi connectivity index (χ1n) is 8.67. The Bertz CT molecular complexity index is 904. The van der Waals surface area contributed by atoms with Crippen molar-refractivity contribution in [1.29, 1.82) is 0 Å². The van der Waals surface area contributed by atoms with Crippen LogP contribution in [-0.2, 0) is 0 Å². The van der Waals surface area contributed by atoms with E-state index in [-0.39, 0.29) is 11.9 Å². The van der Waals surface area contributed by atoms with Gasteiger partial charge in [0.2, 0.25) is 0 Å². The molecule has 26 heavy (non-hydrogen) atoms. The molecule has 1 aliphatic heterocycles. The van der Waals surface area contributed by atoms with E-state index in [0.717, 1.165) is 40.7 Å². The van der Waals surface area contributed by atoms with E-state index in [2.05, 4.69) is 19.9 Å². The fourth-order valence-corrected chi connectivity index (χ4v) is 4.32. The third-order valence-corrected chi connectivity index (χ3v) is 5.60. The van der Waals surface area contributed by atoms with Gasteiger partial charge in [-0.1, -0.05) is 6.07 Å². The number of piperazine rings is 1. The zero-order valence-electron chi connectivity index (χ0n) is 14.8. The Morgan fingerprint density at radius 3 is 2.96 bits per heavy atom. The third-order valence-electron chi connectivity index (χ3n) is 4.85. The van der Waals surface area contributed by atoms with E-state index in [9.17, 15) is 4.79 Å². The van der Waals surface area contributed by atoms with Crippen molar-refractivity contribution in [3.63, 3.8) is 0 Å². The van der Waals surface area contributed by atoms with Crippen molar-refractivity contribution >= 4 is 17.2 Å². The average molecular weight is 367 g/mol. The first-order valence-corrected chi connectivity index (χ1v) is 9.55. The van der Waals surface area contributed by atoms with E-state index >= 15 is 0 Å². The summed E-state index contributed by atoms with van der Waals surface area (Å²) in [6, 6.07) is 5.92. The molecule has 4 rings (SSSR count). The number of rotatable bonds is 3. The number of thiazole rings is 1. The van der Waals surface area contributed by atoms with Gasteiger partial charge in [0.05, 0.1) is 11.6 Å². The molecule has 7 heteroatoms. The van der Waals surface area contributed by atoms with Crippen molar-refractivity contribution in [2.24, 2.45) is 0 Å². The second-order valence-electron chi connectivity index (χ2n) is 6.44. The van der Waals surface area contributed by atoms with Gasteiger partial charge in [-0.2, -0.15) is 0 Å². The van der Waals surface area contributed by atoms with Gasteiger partial charge in [-0.3, -0.25) is 14.3 Å². The van der Waals surface area contributed by atoms with Crippen LogP contribution in [0.15, 0.2) is 42.2 Å². The molecule has 0 aromatic carbocycles. The van der Waals surface area contributed by atoms with Gasteiger partial charge in [0.1, 0.15) is 0 Å². The first-order chi connectivity index (χ1) is 12.7. The number of hydrogen-bond donors (Lipinski definition) is 1. The number of hydrogen-bond acceptors (Lipinski definition) is 5. The Hall–Kier alpha value is -2.51. The van der Waals surface area contributed by atoms with Crippen molar-refractivity contribution in [2.45, 2.75) is 19.9 Å². The summed E-state index contributed by atoms with van der Waals surface area (Å²) >= 11 is 1.57. The quantitative estimate of drug-likeness (QED) is 0.773. The molecule has 1 saturated heterocycles. The highest BCUT2D eigenvalue weighted by Gasteiger charge is 2.31. The van der Waals surface area contributed by atoms with Gasteiger partial charge in [-0.15, -0.1) is 11.3 Å². The highest BCUT2D eigenvalue weighted by atomic mass is 32.1. The molecule has 6 nitrogen and oxygen atoms in total. The van der Waals surface area contributed by atoms with Crippen LogP contribution in [0.25, 0.3) is 5.13 Å². The third kappa shape index (κ3) is 2.93. The summed E-state index contributed by atoms with van der Waals surface area (Å²) in [4.78, 5) is 24.0. The lowest BCUT2D eigenvalue weighted by Crippen LogP contribution is -2.48. The summed E-state index contributed by atoms with van der Waals surface area (Å²) in [5.74, 6) is 0.0660. The Morgan fingerprint density at radius 2 is 2.23 bits per heavy atom. The SMILES string of the molecule is Cc1cc(C(=O)N2CCNCC2c2cccnc2)c(C)n1-c1nccs1. The molecule has 0 bridgehead atoms. The number of nitrogens with zero attached hydrogens (tertiary/aromatic N) is 4. The van der Waals surface area contributed by atoms with Gasteiger partial charge in [-0.25, -0.2) is 4.98 Å². The summed E-state index contributed by atoms with van der Waals surface area (Å²) in [6.45, 7) is 6.22. The van der Waals surface area contributed by atoms with Crippen LogP contribution in [-0.4, -0.2) is 45.0 Å². The van der Waals surface area contributed by atoms with E-state index < -0.39 is 0 Å². The molecule has 0 spiro atoms. The maximum atomic E-state index is 13.4. The number of carbonyl (C=O) groups excluding carboxylic acids is 1. The minimum absolute atomic E-state index is 0.00660. The highest BCUT2D eigenvalue weighted by molar-refractivity contribution is 7.12. The highest BCUT2D eigenvalue weighted by Crippen LogP contribution is 2.27. The van der Waals surface area contributed by atoms with Crippen molar-refractivity contribution in [2.75, 3.05) is 19.6 Å². The summed E-state index contributed by atoms with van der Waals surface area (Å²) in [7, 11) is 0. The van der Waals surface area contributed by atoms with Crippen molar-refractivity contribution in [3.05, 3.63) is 64.7 Å². The molecule has 1 fully saturated rings. The molecule has 1 atom stereocenters. The molecule has 0 radical (unpaired) electrons. The zero-order chi connectivity index (χ0) is 18.1. The molecule has 0 saturated carbocycles. The second-order valence-corrected chi connectivity index (χ2v) is 7.31. The molecule has 4 heterocycles. The molecule has 3 aromatic rings. The van der Waals surface area contributed by atoms with Crippen LogP contribution < -0.4 is 5.32 Å². The largest absolute Gasteiger partial charge is 0.329 e. The molecule has 0 aliphatic carbocycles. The van der Waals surface area contributed by atoms with E-state index in [1.165, 1.54) is 0 Å². The van der Waals surface area contributed by atoms with Crippen molar-refractivity contribution in [1.82, 2.24) is 24.8 Å². The normalized spacial score (nSPS) is 17.5. The summed E-state index contributed by atoms with van der Waals surface area (Å²) in [5, 5.41) is 6.23. The maximum absolute atomic E-state index is 13.4. The molecular formula is C19H21N5OS. The number of aromatic nitrogens is 3. The van der Waals surface area contributed by atoms with Gasteiger partial charge in [0, 0.05) is 55.0 Å². The lowest BCUT2D eigenvalue weighted by atomic mass is 10.0. The first kappa shape index (κ1) is 16.9. The number of pyridine rings is 1. The lowest BCUT2D eigenvalue weighted by molar-refractivity contribution is 0.0633. The summed E-state index contributed by atoms with van der Waals surface area (Å²) in [5.41, 5.74) is 3.76. The molecule has 3 aromatic heterocycles. The molecule has 1 unspecified atom stereocenters. The average Bonchev–Trinajstić information content (AvgIpc) is 3.29. The Kier molecular flexibility index (Phi) is 4.57. The number of carbonyl (C=O) groups is 1. The van der Waals surface area contributed by atoms with Crippen LogP contribution in [0, 0.1) is 13.8 Å². The molecule has 1 aliphatic rings. The van der Waals surface area contributed by atoms with Crippen LogP contribution in [0.2, 0.25) is 0 Å². The Balaban J connectivity index is 1.69. The number of amides is 1. The predicted octanol–water partition coefficient (Wildman–Crippen LogP) is 2.73. The topological polar surface area (TPSA) is 63.1 Å². The zero-order valence-corrected chi connectivity index (χ0v) is 15.7. The second kappa shape index (κ2) is 7.01. The smallest absolute Gasteiger partial charge is 0.256 e. The molecule has 1 N–H and O–H groups in total. The van der Waals surface area contributed by atoms with Gasteiger partial charge in [0.15, 0.2) is 5.13 Å². The van der Waals surface area contributed by atoms with Crippen LogP contribution in [0.4, 0.5) is 0 Å². The molecule has 1 amide bonds. The summed E-state index contributed by atoms with van der Waals surface area (Å²) < 4.78 is 2.05. The fraction of sp³-hybridized carbons (Fsp3) is 0.316. The number of aryl methyl sites for hydroxylation is 1. The van der Waals surface area contributed by atoms with Crippen molar-refractivity contribution in [3.8, 4) is 5.13 Å². The maximum Gasteiger partial charge on any atom is 0.256 e. The predicted molar refractivity (Wildman–Crippen MR) is 102 cm³/mol. The fourth-order valence-electron chi connectivity index (χ4n) is 3.57. The van der Waals surface area contributed by atoms with Crippen LogP contribution in [0.5, 0.6) is 0 Å². The van der Waals surface area contributed by atoms with Gasteiger partial charge in [0.25, 0.3) is 5.91 Å². The van der Waals surface area contributed by atoms with E-state index in [4.69, 9.17) is 0 Å². The van der Waals surface area contributed by atoms with Crippen molar-refractivity contribution < 1.29 is 4.79 Å². The van der Waals surface area contributed by atoms with Gasteiger partial charge >= 0.3 is 0 Å². The standard InChI is InChI=1S/C19H21N5OS/c1-13-10-16(14(2)24(13)19-22-7-9-26-19)18(25)23-8-6-21-12-17(23)15-4-3-5-20-11-15/h3-5,7,9-11,17,21H,6,8,12H2,1-2H3. The Morgan fingerprint density at radius 1 is 1.35 bits per heavy atom. The van der Waals surface area contributed by atoms with Crippen LogP contribution in [0.1, 0.15) is 33.4 Å². The van der Waals surface area contributed by atoms with Crippen LogP contribution in [0.3, 0.4) is 0 Å². The number of nitrogens with one attached hydrogen (secondary N) is 1. The van der Waals surface area contributed by atoms with Gasteiger partial charge < -0.3 is 10.2 Å².